The topological polar surface area (TPSA) is 173 Å². The van der Waals surface area contributed by atoms with Crippen LogP contribution in [0.15, 0.2) is 103 Å². The van der Waals surface area contributed by atoms with Crippen molar-refractivity contribution in [3.05, 3.63) is 239 Å². The molecule has 8 aromatic rings. The Balaban J connectivity index is 0.000000517. The molecule has 0 unspecified atom stereocenters. The summed E-state index contributed by atoms with van der Waals surface area (Å²) in [4.78, 5) is 25.7. The highest BCUT2D eigenvalue weighted by Gasteiger charge is 2.40. The fourth-order valence-corrected chi connectivity index (χ4v) is 12.7. The first-order valence-electron chi connectivity index (χ1n) is 38.4. The number of hydrogen-bond acceptors (Lipinski definition) is 14. The number of rotatable bonds is 22. The van der Waals surface area contributed by atoms with Gasteiger partial charge in [-0.1, -0.05) is 95.1 Å². The number of nitrogens with two attached hydrogens (primary N) is 1. The first-order valence-corrected chi connectivity index (χ1v) is 41.1. The number of carbonyl (C=O) groups is 2. The Morgan fingerprint density at radius 2 is 0.714 bits per heavy atom. The van der Waals surface area contributed by atoms with Crippen molar-refractivity contribution in [2.45, 2.75) is 119 Å². The molecule has 15 nitrogen and oxygen atoms in total. The van der Waals surface area contributed by atoms with E-state index in [1.54, 1.807) is 27.8 Å². The number of carboxylic acid groups (broad SMARTS) is 1. The molecular weight excluding hydrogens is 1990 g/mol. The van der Waals surface area contributed by atoms with E-state index < -0.39 is 128 Å². The highest BCUT2D eigenvalue weighted by molar-refractivity contribution is 6.33. The zero-order valence-corrected chi connectivity index (χ0v) is 77.8. The average molecular weight is 2080 g/mol. The van der Waals surface area contributed by atoms with Crippen molar-refractivity contribution in [1.29, 1.82) is 0 Å². The molecule has 744 valence electrons. The van der Waals surface area contributed by atoms with Crippen LogP contribution >= 0.6 is 81.2 Å². The Morgan fingerprint density at radius 1 is 0.414 bits per heavy atom. The molecule has 1 saturated heterocycles. The lowest BCUT2D eigenvalue weighted by molar-refractivity contribution is -0.140. The predicted molar refractivity (Wildman–Crippen MR) is 456 cm³/mol. The number of alkyl halides is 24. The zero-order valence-electron chi connectivity index (χ0n) is 72.5. The maximum Gasteiger partial charge on any atom is 0.417 e. The van der Waals surface area contributed by atoms with Crippen LogP contribution in [-0.4, -0.2) is 147 Å². The Labute approximate surface area is 783 Å². The summed E-state index contributed by atoms with van der Waals surface area (Å²) >= 11 is 38.6. The molecule has 133 heavy (non-hydrogen) atoms. The number of nitrogens with one attached hydrogen (secondary N) is 1. The Kier molecular flexibility index (Phi) is 48.9. The number of benzene rings is 8. The van der Waals surface area contributed by atoms with Crippen molar-refractivity contribution in [3.63, 3.8) is 0 Å². The van der Waals surface area contributed by atoms with Crippen LogP contribution in [0.4, 0.5) is 110 Å². The third kappa shape index (κ3) is 41.2. The van der Waals surface area contributed by atoms with Crippen molar-refractivity contribution < 1.29 is 162 Å². The number of carbonyl (C=O) groups excluding carboxylic acids is 1. The number of esters is 1. The predicted octanol–water partition coefficient (Wildman–Crippen LogP) is 27.4. The largest absolute Gasteiger partial charge is 0.496 e. The van der Waals surface area contributed by atoms with Crippen LogP contribution in [0.1, 0.15) is 113 Å². The SMILES string of the molecule is CCN(CC)CCOc1cc(Cl)c(C(F)(F)F)cc1C.CNCCOc1cc(Cl)c(C(F)(F)F)cc1C.COC(=O)c1ccc(C(F)(F)F)cc1C.COc1cc(Cl)c(C(F)(F)F)cc1C.Cc1cc(C(F)(F)F)c(Cl)cc1F.Cc1cc(C(F)(F)F)c(Cl)cc1OCC(=O)O.Cc1cc(C(F)(F)F)c(Cl)cc1OCCN.Cc1cc(C(F)(F)F)c(Cl)cc1OCCN1CCOCC1. The van der Waals surface area contributed by atoms with Gasteiger partial charge < -0.3 is 59.0 Å². The van der Waals surface area contributed by atoms with E-state index in [0.717, 1.165) is 99.5 Å². The molecule has 1 aliphatic rings. The van der Waals surface area contributed by atoms with Crippen molar-refractivity contribution in [2.75, 3.05) is 120 Å². The van der Waals surface area contributed by atoms with Gasteiger partial charge in [0, 0.05) is 39.3 Å². The van der Waals surface area contributed by atoms with E-state index in [1.807, 2.05) is 13.8 Å². The number of hydrogen-bond donors (Lipinski definition) is 3. The summed E-state index contributed by atoms with van der Waals surface area (Å²) in [6.45, 7) is 24.0. The van der Waals surface area contributed by atoms with E-state index in [4.69, 9.17) is 125 Å². The molecule has 1 fully saturated rings. The highest BCUT2D eigenvalue weighted by Crippen LogP contribution is 2.45. The van der Waals surface area contributed by atoms with E-state index in [-0.39, 0.29) is 66.3 Å². The minimum absolute atomic E-state index is 0.0189. The number of morpholine rings is 1. The van der Waals surface area contributed by atoms with Gasteiger partial charge in [0.25, 0.3) is 0 Å². The standard InChI is InChI=1S/C14H17ClF3NO2.C14H19ClF3NO.C11H13ClF3NO.C10H11ClF3NO.C10H8ClF3O3.C10H9F3O2.C9H8ClF3O.C8H5ClF4/c1-10-8-11(14(16,17)18)12(15)9-13(10)21-7-4-19-2-5-20-6-3-19;1-4-19(5-2)6-7-20-13-9-12(15)11(8-10(13)3)14(16,17)18;1-7-5-8(11(13,14)15)9(12)6-10(7)17-4-3-16-2;1-6-4-7(10(12,13)14)8(11)5-9(6)16-3-2-15;1-5-2-6(10(12,13)14)7(11)3-8(5)17-4-9(15)16;1-6-5-7(10(11,12)13)3-4-8(6)9(14)15-2;1-5-3-6(9(11,12)13)7(10)4-8(5)14-2;1-4-2-5(8(11,12)13)6(9)3-7(4)10/h8-9H,2-7H2,1H3;8-9H,4-7H2,1-3H3;5-6,16H,3-4H2,1-2H3;4-5H,2-3,15H2,1H3;2-3H,4H2,1H3,(H,15,16);3-5H,1-2H3;3-4H,1-2H3;2-3H,1H3. The van der Waals surface area contributed by atoms with Crippen LogP contribution in [0.2, 0.25) is 35.2 Å². The van der Waals surface area contributed by atoms with Crippen molar-refractivity contribution in [2.24, 2.45) is 5.73 Å². The maximum absolute atomic E-state index is 12.7. The summed E-state index contributed by atoms with van der Waals surface area (Å²) in [6.07, 6.45) is -35.7. The molecule has 0 spiro atoms. The molecule has 0 bridgehead atoms. The van der Waals surface area contributed by atoms with Crippen LogP contribution in [0, 0.1) is 61.2 Å². The summed E-state index contributed by atoms with van der Waals surface area (Å²) in [6, 6.07) is 17.0. The Morgan fingerprint density at radius 3 is 1.01 bits per heavy atom. The van der Waals surface area contributed by atoms with Crippen molar-refractivity contribution in [3.8, 4) is 34.5 Å². The second-order valence-electron chi connectivity index (χ2n) is 27.8. The third-order valence-corrected chi connectivity index (χ3v) is 20.0. The summed E-state index contributed by atoms with van der Waals surface area (Å²) in [5, 5.41) is 8.38. The fraction of sp³-hybridized carbons (Fsp3) is 0.419. The number of carboxylic acids is 1. The Bertz CT molecular complexity index is 5070. The number of nitrogens with zero attached hydrogens (tertiary/aromatic N) is 2. The number of ether oxygens (including phenoxy) is 8. The van der Waals surface area contributed by atoms with Crippen LogP contribution in [0.25, 0.3) is 0 Å². The van der Waals surface area contributed by atoms with Gasteiger partial charge in [0.2, 0.25) is 0 Å². The van der Waals surface area contributed by atoms with E-state index >= 15 is 0 Å². The van der Waals surface area contributed by atoms with Gasteiger partial charge in [-0.15, -0.1) is 0 Å². The first-order chi connectivity index (χ1) is 61.1. The van der Waals surface area contributed by atoms with Gasteiger partial charge in [0.15, 0.2) is 6.61 Å². The molecule has 0 amide bonds. The van der Waals surface area contributed by atoms with E-state index in [0.29, 0.717) is 115 Å². The third-order valence-electron chi connectivity index (χ3n) is 17.8. The van der Waals surface area contributed by atoms with Gasteiger partial charge in [0.05, 0.1) is 113 Å². The monoisotopic (exact) mass is 2070 g/mol. The first kappa shape index (κ1) is 121. The lowest BCUT2D eigenvalue weighted by atomic mass is 10.1. The van der Waals surface area contributed by atoms with Crippen LogP contribution in [0.3, 0.4) is 0 Å². The Hall–Kier alpha value is -8.42. The van der Waals surface area contributed by atoms with Crippen LogP contribution in [0.5, 0.6) is 34.5 Å². The van der Waals surface area contributed by atoms with Crippen molar-refractivity contribution in [1.82, 2.24) is 15.1 Å². The average Bonchev–Trinajstić information content (AvgIpc) is 0.832. The molecule has 0 aliphatic carbocycles. The number of aryl methyl sites for hydroxylation is 8. The molecule has 47 heteroatoms. The fourth-order valence-electron chi connectivity index (χ4n) is 10.8. The zero-order chi connectivity index (χ0) is 102. The lowest BCUT2D eigenvalue weighted by Crippen LogP contribution is -2.38. The lowest BCUT2D eigenvalue weighted by Gasteiger charge is -2.26. The molecule has 0 atom stereocenters. The van der Waals surface area contributed by atoms with Gasteiger partial charge in [-0.05, 0) is 223 Å². The molecular formula is C86H90Cl7F25N4O11. The van der Waals surface area contributed by atoms with E-state index in [9.17, 15) is 119 Å². The van der Waals surface area contributed by atoms with Crippen LogP contribution < -0.4 is 39.5 Å². The molecule has 0 saturated carbocycles. The number of aliphatic carboxylic acids is 1. The van der Waals surface area contributed by atoms with Crippen LogP contribution in [-0.2, 0) is 63.7 Å². The van der Waals surface area contributed by atoms with Gasteiger partial charge >= 0.3 is 61.3 Å². The number of likely N-dealkylation sites (N-methyl/N-ethyl adjacent to an activating group) is 2. The second kappa shape index (κ2) is 53.9. The second-order valence-corrected chi connectivity index (χ2v) is 30.7. The smallest absolute Gasteiger partial charge is 0.417 e. The minimum atomic E-state index is -4.55. The van der Waals surface area contributed by atoms with E-state index in [1.165, 1.54) is 73.1 Å². The molecule has 0 aromatic heterocycles. The summed E-state index contributed by atoms with van der Waals surface area (Å²) in [5.41, 5.74) is 0.838. The van der Waals surface area contributed by atoms with Crippen molar-refractivity contribution >= 4 is 93.1 Å². The molecule has 1 aliphatic heterocycles. The number of halogens is 32. The normalized spacial score (nSPS) is 12.5. The molecule has 1 heterocycles. The minimum Gasteiger partial charge on any atom is -0.496 e. The highest BCUT2D eigenvalue weighted by atomic mass is 35.5. The van der Waals surface area contributed by atoms with E-state index in [2.05, 4.69) is 19.9 Å². The summed E-state index contributed by atoms with van der Waals surface area (Å²) in [7, 11) is 4.32. The molecule has 0 radical (unpaired) electrons. The molecule has 9 rings (SSSR count). The maximum atomic E-state index is 12.7. The van der Waals surface area contributed by atoms with Gasteiger partial charge in [0.1, 0.15) is 66.7 Å². The van der Waals surface area contributed by atoms with Gasteiger partial charge in [-0.25, -0.2) is 14.0 Å². The summed E-state index contributed by atoms with van der Waals surface area (Å²) < 4.78 is 352. The quantitative estimate of drug-likeness (QED) is 0.0332. The molecule has 4 N–H and O–H groups in total. The summed E-state index contributed by atoms with van der Waals surface area (Å²) in [5.74, 6) is -0.744. The number of methoxy groups -OCH3 is 2. The van der Waals surface area contributed by atoms with Gasteiger partial charge in [-0.3, -0.25) is 4.90 Å². The molecule has 8 aromatic carbocycles. The van der Waals surface area contributed by atoms with Gasteiger partial charge in [-0.2, -0.15) is 105 Å².